The minimum Gasteiger partial charge on any atom is -1.00 e. The SMILES string of the molecule is Cc1cc2c(c3cc4c(cc13)-[n+]1cc3c(cc1CC4)OCO3)OCO2.[Cl-]. The van der Waals surface area contributed by atoms with E-state index in [2.05, 4.69) is 35.8 Å². The molecule has 1 aromatic heterocycles. The molecule has 0 amide bonds. The fourth-order valence-corrected chi connectivity index (χ4v) is 4.07. The maximum atomic E-state index is 5.72. The minimum absolute atomic E-state index is 0. The molecule has 0 unspecified atom stereocenters. The Morgan fingerprint density at radius 2 is 1.62 bits per heavy atom. The lowest BCUT2D eigenvalue weighted by Gasteiger charge is -2.16. The molecule has 0 bridgehead atoms. The molecule has 0 aliphatic carbocycles. The fourth-order valence-electron chi connectivity index (χ4n) is 4.07. The van der Waals surface area contributed by atoms with Crippen LogP contribution in [0.4, 0.5) is 0 Å². The molecule has 6 heteroatoms. The molecular formula is C20H16ClNO4. The van der Waals surface area contributed by atoms with Crippen molar-refractivity contribution in [1.29, 1.82) is 0 Å². The number of hydrogen-bond donors (Lipinski definition) is 0. The van der Waals surface area contributed by atoms with Crippen LogP contribution in [0, 0.1) is 6.92 Å². The molecule has 0 radical (unpaired) electrons. The van der Waals surface area contributed by atoms with Crippen LogP contribution in [-0.4, -0.2) is 13.6 Å². The lowest BCUT2D eigenvalue weighted by atomic mass is 9.94. The third-order valence-electron chi connectivity index (χ3n) is 5.31. The van der Waals surface area contributed by atoms with Gasteiger partial charge in [0.1, 0.15) is 0 Å². The zero-order valence-corrected chi connectivity index (χ0v) is 14.9. The Labute approximate surface area is 156 Å². The molecule has 26 heavy (non-hydrogen) atoms. The number of aryl methyl sites for hydroxylation is 3. The summed E-state index contributed by atoms with van der Waals surface area (Å²) >= 11 is 0. The second kappa shape index (κ2) is 5.42. The van der Waals surface area contributed by atoms with Gasteiger partial charge in [0.25, 0.3) is 0 Å². The molecule has 3 aromatic rings. The molecule has 3 aliphatic heterocycles. The number of aromatic nitrogens is 1. The minimum atomic E-state index is 0. The summed E-state index contributed by atoms with van der Waals surface area (Å²) in [7, 11) is 0. The van der Waals surface area contributed by atoms with Crippen molar-refractivity contribution in [3.8, 4) is 28.7 Å². The third-order valence-corrected chi connectivity index (χ3v) is 5.31. The van der Waals surface area contributed by atoms with E-state index in [1.807, 2.05) is 6.20 Å². The predicted octanol–water partition coefficient (Wildman–Crippen LogP) is -0.0151. The molecule has 4 heterocycles. The Hall–Kier alpha value is -2.66. The van der Waals surface area contributed by atoms with Gasteiger partial charge < -0.3 is 31.4 Å². The van der Waals surface area contributed by atoms with Gasteiger partial charge in [-0.15, -0.1) is 0 Å². The van der Waals surface area contributed by atoms with Crippen molar-refractivity contribution in [2.75, 3.05) is 13.6 Å². The molecule has 2 aromatic carbocycles. The van der Waals surface area contributed by atoms with Crippen LogP contribution in [0.1, 0.15) is 16.8 Å². The van der Waals surface area contributed by atoms with E-state index in [-0.39, 0.29) is 12.4 Å². The van der Waals surface area contributed by atoms with Crippen molar-refractivity contribution in [2.45, 2.75) is 19.8 Å². The van der Waals surface area contributed by atoms with E-state index in [4.69, 9.17) is 18.9 Å². The van der Waals surface area contributed by atoms with Crippen LogP contribution in [0.15, 0.2) is 30.5 Å². The maximum absolute atomic E-state index is 5.72. The first kappa shape index (κ1) is 15.6. The van der Waals surface area contributed by atoms with E-state index in [1.54, 1.807) is 0 Å². The number of fused-ring (bicyclic) bond motifs is 7. The van der Waals surface area contributed by atoms with Gasteiger partial charge in [-0.05, 0) is 36.4 Å². The Morgan fingerprint density at radius 3 is 2.54 bits per heavy atom. The van der Waals surface area contributed by atoms with Crippen LogP contribution in [0.3, 0.4) is 0 Å². The summed E-state index contributed by atoms with van der Waals surface area (Å²) in [4.78, 5) is 0. The van der Waals surface area contributed by atoms with Gasteiger partial charge in [0.15, 0.2) is 22.9 Å². The number of pyridine rings is 1. The van der Waals surface area contributed by atoms with E-state index < -0.39 is 0 Å². The second-order valence-electron chi connectivity index (χ2n) is 6.72. The molecular weight excluding hydrogens is 354 g/mol. The molecule has 0 saturated heterocycles. The van der Waals surface area contributed by atoms with E-state index in [0.717, 1.165) is 41.2 Å². The zero-order valence-electron chi connectivity index (χ0n) is 14.2. The quantitative estimate of drug-likeness (QED) is 0.522. The van der Waals surface area contributed by atoms with E-state index in [0.29, 0.717) is 13.6 Å². The smallest absolute Gasteiger partial charge is 0.231 e. The van der Waals surface area contributed by atoms with Crippen LogP contribution >= 0.6 is 0 Å². The monoisotopic (exact) mass is 369 g/mol. The number of nitrogens with zero attached hydrogens (tertiary/aromatic N) is 1. The van der Waals surface area contributed by atoms with Crippen LogP contribution in [0.2, 0.25) is 0 Å². The second-order valence-corrected chi connectivity index (χ2v) is 6.72. The average molecular weight is 370 g/mol. The highest BCUT2D eigenvalue weighted by atomic mass is 35.5. The lowest BCUT2D eigenvalue weighted by Crippen LogP contribution is -3.00. The van der Waals surface area contributed by atoms with Gasteiger partial charge >= 0.3 is 0 Å². The Balaban J connectivity index is 0.00000150. The summed E-state index contributed by atoms with van der Waals surface area (Å²) in [5.74, 6) is 3.36. The average Bonchev–Trinajstić information content (AvgIpc) is 3.27. The first-order valence-electron chi connectivity index (χ1n) is 8.48. The first-order chi connectivity index (χ1) is 12.3. The van der Waals surface area contributed by atoms with E-state index in [1.165, 1.54) is 27.9 Å². The van der Waals surface area contributed by atoms with Crippen molar-refractivity contribution < 1.29 is 35.9 Å². The summed E-state index contributed by atoms with van der Waals surface area (Å²) in [5, 5.41) is 2.33. The van der Waals surface area contributed by atoms with Crippen molar-refractivity contribution in [3.63, 3.8) is 0 Å². The van der Waals surface area contributed by atoms with Gasteiger partial charge in [0.05, 0.1) is 6.07 Å². The Kier molecular flexibility index (Phi) is 3.25. The summed E-state index contributed by atoms with van der Waals surface area (Å²) in [6.45, 7) is 2.71. The van der Waals surface area contributed by atoms with E-state index >= 15 is 0 Å². The molecule has 3 aliphatic rings. The molecule has 0 N–H and O–H groups in total. The summed E-state index contributed by atoms with van der Waals surface area (Å²) < 4.78 is 24.6. The highest BCUT2D eigenvalue weighted by Gasteiger charge is 2.31. The molecule has 0 saturated carbocycles. The Bertz CT molecular complexity index is 1080. The first-order valence-corrected chi connectivity index (χ1v) is 8.48. The third kappa shape index (κ3) is 2.01. The number of ether oxygens (including phenoxy) is 4. The van der Waals surface area contributed by atoms with Gasteiger partial charge in [-0.25, -0.2) is 0 Å². The summed E-state index contributed by atoms with van der Waals surface area (Å²) in [5.41, 5.74) is 4.95. The number of hydrogen-bond acceptors (Lipinski definition) is 4. The van der Waals surface area contributed by atoms with Crippen molar-refractivity contribution in [2.24, 2.45) is 0 Å². The largest absolute Gasteiger partial charge is 1.00 e. The van der Waals surface area contributed by atoms with Gasteiger partial charge in [0.2, 0.25) is 31.2 Å². The molecule has 5 nitrogen and oxygen atoms in total. The normalized spacial score (nSPS) is 15.4. The van der Waals surface area contributed by atoms with Crippen molar-refractivity contribution in [1.82, 2.24) is 0 Å². The molecule has 0 fully saturated rings. The van der Waals surface area contributed by atoms with Crippen LogP contribution in [0.5, 0.6) is 23.0 Å². The number of halogens is 1. The molecule has 0 atom stereocenters. The lowest BCUT2D eigenvalue weighted by molar-refractivity contribution is -0.607. The van der Waals surface area contributed by atoms with Gasteiger partial charge in [-0.2, -0.15) is 4.57 Å². The topological polar surface area (TPSA) is 40.8 Å². The highest BCUT2D eigenvalue weighted by molar-refractivity contribution is 5.95. The van der Waals surface area contributed by atoms with Crippen LogP contribution in [0.25, 0.3) is 16.5 Å². The Morgan fingerprint density at radius 1 is 0.808 bits per heavy atom. The molecule has 0 spiro atoms. The van der Waals surface area contributed by atoms with Crippen molar-refractivity contribution >= 4 is 10.8 Å². The standard InChI is InChI=1S/C20H16NO4.ClH/c1-11-4-18-20(25-10-23-18)15-5-12-2-3-13-6-17-19(24-9-22-17)8-21(13)16(12)7-14(11)15;/h4-8H,2-3,9-10H2,1H3;1H/q+1;/p-1. The van der Waals surface area contributed by atoms with Gasteiger partial charge in [-0.1, -0.05) is 0 Å². The maximum Gasteiger partial charge on any atom is 0.231 e. The summed E-state index contributed by atoms with van der Waals surface area (Å²) in [6.07, 6.45) is 4.01. The van der Waals surface area contributed by atoms with Crippen LogP contribution < -0.4 is 35.9 Å². The van der Waals surface area contributed by atoms with Crippen molar-refractivity contribution in [3.05, 3.63) is 47.3 Å². The highest BCUT2D eigenvalue weighted by Crippen LogP contribution is 2.43. The van der Waals surface area contributed by atoms with Gasteiger partial charge in [-0.3, -0.25) is 0 Å². The molecule has 132 valence electrons. The molecule has 6 rings (SSSR count). The fraction of sp³-hybridized carbons (Fsp3) is 0.250. The van der Waals surface area contributed by atoms with Gasteiger partial charge in [0, 0.05) is 23.4 Å². The predicted molar refractivity (Wildman–Crippen MR) is 89.9 cm³/mol. The zero-order chi connectivity index (χ0) is 16.5. The summed E-state index contributed by atoms with van der Waals surface area (Å²) in [6, 6.07) is 8.67. The van der Waals surface area contributed by atoms with Crippen LogP contribution in [-0.2, 0) is 12.8 Å². The number of rotatable bonds is 0. The van der Waals surface area contributed by atoms with E-state index in [9.17, 15) is 0 Å². The number of benzene rings is 2.